The quantitative estimate of drug-likeness (QED) is 0.135. The van der Waals surface area contributed by atoms with Crippen LogP contribution in [0.4, 0.5) is 0 Å². The van der Waals surface area contributed by atoms with Gasteiger partial charge in [-0.3, -0.25) is 34.1 Å². The molecule has 0 aromatic heterocycles. The zero-order chi connectivity index (χ0) is 45.4. The van der Waals surface area contributed by atoms with Crippen LogP contribution in [-0.2, 0) is 39.9 Å². The van der Waals surface area contributed by atoms with Crippen molar-refractivity contribution in [2.45, 2.75) is 143 Å². The zero-order valence-corrected chi connectivity index (χ0v) is 37.9. The van der Waals surface area contributed by atoms with E-state index in [2.05, 4.69) is 67.5 Å². The van der Waals surface area contributed by atoms with Crippen LogP contribution in [0, 0.1) is 23.7 Å². The number of rotatable bonds is 7. The number of carbonyl (C=O) groups excluding carboxylic acids is 6. The van der Waals surface area contributed by atoms with Crippen LogP contribution in [-0.4, -0.2) is 89.6 Å². The number of benzene rings is 4. The summed E-state index contributed by atoms with van der Waals surface area (Å²) >= 11 is 0. The number of fused-ring (bicyclic) bond motifs is 2. The summed E-state index contributed by atoms with van der Waals surface area (Å²) in [4.78, 5) is 85.4. The monoisotopic (exact) mass is 851 g/mol. The van der Waals surface area contributed by atoms with Gasteiger partial charge in [-0.15, -0.1) is 0 Å². The maximum absolute atomic E-state index is 14.7. The van der Waals surface area contributed by atoms with Crippen LogP contribution in [0.2, 0.25) is 0 Å². The summed E-state index contributed by atoms with van der Waals surface area (Å²) in [7, 11) is 0. The third kappa shape index (κ3) is 9.81. The first-order chi connectivity index (χ1) is 29.2. The van der Waals surface area contributed by atoms with E-state index in [1.807, 2.05) is 38.1 Å². The van der Waals surface area contributed by atoms with Gasteiger partial charge in [0.25, 0.3) is 0 Å². The number of hydrogen-bond acceptors (Lipinski definition) is 8. The second-order valence-corrected chi connectivity index (χ2v) is 19.3. The summed E-state index contributed by atoms with van der Waals surface area (Å²) in [6, 6.07) is 11.5. The van der Waals surface area contributed by atoms with E-state index in [0.717, 1.165) is 37.9 Å². The molecule has 1 unspecified atom stereocenters. The first-order valence-corrected chi connectivity index (χ1v) is 22.1. The fourth-order valence-corrected chi connectivity index (χ4v) is 8.80. The molecule has 0 aliphatic carbocycles. The van der Waals surface area contributed by atoms with Crippen molar-refractivity contribution in [1.29, 1.82) is 0 Å². The highest BCUT2D eigenvalue weighted by Gasteiger charge is 2.48. The highest BCUT2D eigenvalue weighted by atomic mass is 16.5. The van der Waals surface area contributed by atoms with Crippen molar-refractivity contribution in [3.63, 3.8) is 0 Å². The van der Waals surface area contributed by atoms with Crippen LogP contribution in [0.15, 0.2) is 54.6 Å². The number of ether oxygens (including phenoxy) is 1. The standard InChI is InChI=1S/C48H65N7O7/c1-23(2)21-33-42(57)52-39(26(7)8)45(60)53-37(24(3)4)43(58)49-27(9)47-55-40(48(10,11)62-47)46(61)54-38(25(5)6)44(59)51-34(41(56)50-33)22-31-18-17-30-16-15-28-13-12-14-29-19-20-32(31)36(30)35(28)29/h12-20,23-27,33-34,37-40,47,55H,21-22H2,1-11H3,(H,49,58)(H,50,56)(H,51,59)(H,52,57)(H,53,60)(H,54,61)/t27-,33+,34-,37+,38+,39-,40+,47?/m0/s1. The lowest BCUT2D eigenvalue weighted by Crippen LogP contribution is -2.61. The lowest BCUT2D eigenvalue weighted by Gasteiger charge is -2.31. The third-order valence-corrected chi connectivity index (χ3v) is 12.3. The molecule has 2 aliphatic rings. The summed E-state index contributed by atoms with van der Waals surface area (Å²) < 4.78 is 6.29. The summed E-state index contributed by atoms with van der Waals surface area (Å²) in [6.45, 7) is 19.9. The molecular weight excluding hydrogens is 787 g/mol. The molecule has 6 rings (SSSR count). The minimum Gasteiger partial charge on any atom is -0.353 e. The van der Waals surface area contributed by atoms with Crippen molar-refractivity contribution in [1.82, 2.24) is 37.2 Å². The lowest BCUT2D eigenvalue weighted by molar-refractivity contribution is -0.137. The maximum Gasteiger partial charge on any atom is 0.243 e. The van der Waals surface area contributed by atoms with E-state index in [9.17, 15) is 28.8 Å². The Morgan fingerprint density at radius 2 is 1.02 bits per heavy atom. The van der Waals surface area contributed by atoms with Crippen LogP contribution in [0.25, 0.3) is 32.3 Å². The number of carbonyl (C=O) groups is 6. The Balaban J connectivity index is 1.42. The average Bonchev–Trinajstić information content (AvgIpc) is 3.53. The molecule has 62 heavy (non-hydrogen) atoms. The second kappa shape index (κ2) is 18.6. The second-order valence-electron chi connectivity index (χ2n) is 19.3. The summed E-state index contributed by atoms with van der Waals surface area (Å²) in [6.07, 6.45) is -0.497. The SMILES string of the molecule is CC(C)C[C@H]1NC(=O)[C@H](Cc2ccc3ccc4cccc5ccc2c3c45)NC(=O)[C@@H](C(C)C)NC(=O)[C@H]2NC(OC2(C)C)[C@H](C)NC(=O)[C@@H](C(C)C)NC(=O)[C@H](C(C)C)NC1=O. The molecule has 2 bridgehead atoms. The molecule has 0 saturated carbocycles. The van der Waals surface area contributed by atoms with E-state index in [1.54, 1.807) is 62.3 Å². The molecule has 6 amide bonds. The van der Waals surface area contributed by atoms with Gasteiger partial charge in [0.1, 0.15) is 42.5 Å². The van der Waals surface area contributed by atoms with E-state index in [-0.39, 0.29) is 30.6 Å². The Kier molecular flexibility index (Phi) is 13.8. The smallest absolute Gasteiger partial charge is 0.243 e. The van der Waals surface area contributed by atoms with Crippen LogP contribution in [0.5, 0.6) is 0 Å². The topological polar surface area (TPSA) is 196 Å². The zero-order valence-electron chi connectivity index (χ0n) is 37.9. The van der Waals surface area contributed by atoms with Gasteiger partial charge >= 0.3 is 0 Å². The fraction of sp³-hybridized carbons (Fsp3) is 0.542. The van der Waals surface area contributed by atoms with Gasteiger partial charge in [0, 0.05) is 6.42 Å². The average molecular weight is 852 g/mol. The molecule has 7 N–H and O–H groups in total. The molecule has 2 saturated heterocycles. The molecule has 2 heterocycles. The van der Waals surface area contributed by atoms with Crippen LogP contribution in [0.1, 0.15) is 88.1 Å². The fourth-order valence-electron chi connectivity index (χ4n) is 8.80. The summed E-state index contributed by atoms with van der Waals surface area (Å²) in [5, 5.41) is 27.0. The normalized spacial score (nSPS) is 27.3. The highest BCUT2D eigenvalue weighted by molar-refractivity contribution is 6.23. The van der Waals surface area contributed by atoms with E-state index < -0.39 is 95.5 Å². The Morgan fingerprint density at radius 1 is 0.548 bits per heavy atom. The summed E-state index contributed by atoms with van der Waals surface area (Å²) in [5.41, 5.74) is -0.245. The van der Waals surface area contributed by atoms with Crippen molar-refractivity contribution >= 4 is 67.8 Å². The molecule has 2 aliphatic heterocycles. The van der Waals surface area contributed by atoms with Gasteiger partial charge in [0.15, 0.2) is 0 Å². The van der Waals surface area contributed by atoms with Gasteiger partial charge in [-0.2, -0.15) is 0 Å². The minimum absolute atomic E-state index is 0.0498. The molecular formula is C48H65N7O7. The molecule has 2 fully saturated rings. The molecule has 14 nitrogen and oxygen atoms in total. The molecule has 4 aromatic rings. The van der Waals surface area contributed by atoms with Crippen molar-refractivity contribution < 1.29 is 33.5 Å². The Bertz CT molecular complexity index is 2310. The lowest BCUT2D eigenvalue weighted by atomic mass is 9.90. The van der Waals surface area contributed by atoms with Crippen molar-refractivity contribution in [2.75, 3.05) is 0 Å². The first kappa shape index (κ1) is 46.2. The van der Waals surface area contributed by atoms with Crippen LogP contribution in [0.3, 0.4) is 0 Å². The predicted molar refractivity (Wildman–Crippen MR) is 241 cm³/mol. The molecule has 14 heteroatoms. The van der Waals surface area contributed by atoms with Crippen molar-refractivity contribution in [2.24, 2.45) is 23.7 Å². The molecule has 8 atom stereocenters. The molecule has 334 valence electrons. The summed E-state index contributed by atoms with van der Waals surface area (Å²) in [5.74, 6) is -4.44. The van der Waals surface area contributed by atoms with Crippen LogP contribution < -0.4 is 37.2 Å². The van der Waals surface area contributed by atoms with E-state index >= 15 is 0 Å². The number of amides is 6. The Labute approximate surface area is 364 Å². The first-order valence-electron chi connectivity index (χ1n) is 22.1. The largest absolute Gasteiger partial charge is 0.353 e. The minimum atomic E-state index is -1.18. The highest BCUT2D eigenvalue weighted by Crippen LogP contribution is 2.36. The van der Waals surface area contributed by atoms with Crippen molar-refractivity contribution in [3.8, 4) is 0 Å². The number of hydrogen-bond donors (Lipinski definition) is 7. The van der Waals surface area contributed by atoms with Gasteiger partial charge in [-0.25, -0.2) is 0 Å². The molecule has 0 spiro atoms. The predicted octanol–water partition coefficient (Wildman–Crippen LogP) is 4.18. The third-order valence-electron chi connectivity index (χ3n) is 12.3. The van der Waals surface area contributed by atoms with E-state index in [0.29, 0.717) is 0 Å². The van der Waals surface area contributed by atoms with Gasteiger partial charge < -0.3 is 36.6 Å². The van der Waals surface area contributed by atoms with E-state index in [4.69, 9.17) is 4.74 Å². The molecule has 4 aromatic carbocycles. The number of nitrogens with one attached hydrogen (secondary N) is 7. The van der Waals surface area contributed by atoms with Crippen LogP contribution >= 0.6 is 0 Å². The van der Waals surface area contributed by atoms with Gasteiger partial charge in [0.05, 0.1) is 11.6 Å². The maximum atomic E-state index is 14.7. The van der Waals surface area contributed by atoms with Gasteiger partial charge in [0.2, 0.25) is 35.4 Å². The molecule has 0 radical (unpaired) electrons. The Hall–Kier alpha value is -5.34. The van der Waals surface area contributed by atoms with Gasteiger partial charge in [-0.1, -0.05) is 110 Å². The van der Waals surface area contributed by atoms with Crippen molar-refractivity contribution in [3.05, 3.63) is 60.2 Å². The van der Waals surface area contributed by atoms with E-state index in [1.165, 1.54) is 0 Å². The van der Waals surface area contributed by atoms with Gasteiger partial charge in [-0.05, 0) is 88.7 Å². The Morgan fingerprint density at radius 3 is 1.60 bits per heavy atom.